The van der Waals surface area contributed by atoms with Gasteiger partial charge in [-0.15, -0.1) is 0 Å². The molecule has 1 saturated carbocycles. The third-order valence-corrected chi connectivity index (χ3v) is 5.67. The Balaban J connectivity index is 1.88. The van der Waals surface area contributed by atoms with Crippen LogP contribution in [-0.4, -0.2) is 103 Å². The molecule has 0 bridgehead atoms. The van der Waals surface area contributed by atoms with Crippen molar-refractivity contribution in [3.8, 4) is 0 Å². The van der Waals surface area contributed by atoms with Gasteiger partial charge in [-0.05, 0) is 6.92 Å². The molecule has 2 aliphatic heterocycles. The molecule has 10 atom stereocenters. The summed E-state index contributed by atoms with van der Waals surface area (Å²) in [6.45, 7) is 0.566. The van der Waals surface area contributed by atoms with E-state index in [0.29, 0.717) is 6.29 Å². The summed E-state index contributed by atoms with van der Waals surface area (Å²) in [5.74, 6) is -1.34. The molecule has 3 rings (SSSR count). The molecule has 2 fully saturated rings. The first-order valence-electron chi connectivity index (χ1n) is 8.48. The summed E-state index contributed by atoms with van der Waals surface area (Å²) in [7, 11) is 0. The van der Waals surface area contributed by atoms with Gasteiger partial charge in [0.2, 0.25) is 6.29 Å². The van der Waals surface area contributed by atoms with Crippen molar-refractivity contribution in [2.75, 3.05) is 6.61 Å². The molecule has 2 heterocycles. The maximum atomic E-state index is 11.3. The van der Waals surface area contributed by atoms with Gasteiger partial charge in [0.1, 0.15) is 30.0 Å². The van der Waals surface area contributed by atoms with Crippen LogP contribution in [0.15, 0.2) is 11.8 Å². The lowest BCUT2D eigenvalue weighted by molar-refractivity contribution is -0.352. The maximum Gasteiger partial charge on any atom is 0.210 e. The zero-order valence-corrected chi connectivity index (χ0v) is 14.5. The monoisotopic (exact) mass is 392 g/mol. The molecule has 3 aliphatic rings. The average Bonchev–Trinajstić information content (AvgIpc) is 2.80. The molecule has 11 heteroatoms. The number of aliphatic hydroxyl groups is 7. The molecule has 7 N–H and O–H groups in total. The summed E-state index contributed by atoms with van der Waals surface area (Å²) < 4.78 is 16.0. The predicted molar refractivity (Wildman–Crippen MR) is 83.6 cm³/mol. The van der Waals surface area contributed by atoms with Crippen LogP contribution in [0.3, 0.4) is 0 Å². The highest BCUT2D eigenvalue weighted by Gasteiger charge is 2.66. The number of hydrogen-bond acceptors (Lipinski definition) is 11. The molecular weight excluding hydrogens is 368 g/mol. The van der Waals surface area contributed by atoms with Crippen LogP contribution >= 0.6 is 0 Å². The van der Waals surface area contributed by atoms with E-state index in [1.54, 1.807) is 0 Å². The van der Waals surface area contributed by atoms with E-state index in [-0.39, 0.29) is 12.0 Å². The second-order valence-corrected chi connectivity index (χ2v) is 7.38. The van der Waals surface area contributed by atoms with Crippen molar-refractivity contribution >= 4 is 6.29 Å². The Kier molecular flexibility index (Phi) is 5.36. The molecule has 1 saturated heterocycles. The summed E-state index contributed by atoms with van der Waals surface area (Å²) in [6.07, 6.45) is -9.81. The Morgan fingerprint density at radius 2 is 1.85 bits per heavy atom. The summed E-state index contributed by atoms with van der Waals surface area (Å²) in [6, 6.07) is 0. The van der Waals surface area contributed by atoms with Gasteiger partial charge in [-0.3, -0.25) is 4.79 Å². The smallest absolute Gasteiger partial charge is 0.210 e. The van der Waals surface area contributed by atoms with E-state index in [1.807, 2.05) is 0 Å². The largest absolute Gasteiger partial charge is 0.471 e. The van der Waals surface area contributed by atoms with E-state index in [9.17, 15) is 40.5 Å². The van der Waals surface area contributed by atoms with Gasteiger partial charge in [0.25, 0.3) is 0 Å². The number of carbonyl (C=O) groups excluding carboxylic acids is 1. The fourth-order valence-electron chi connectivity index (χ4n) is 3.99. The number of aliphatic hydroxyl groups excluding tert-OH is 5. The number of aldehydes is 1. The van der Waals surface area contributed by atoms with Gasteiger partial charge in [-0.2, -0.15) is 0 Å². The highest BCUT2D eigenvalue weighted by molar-refractivity contribution is 5.77. The van der Waals surface area contributed by atoms with Crippen molar-refractivity contribution in [2.45, 2.75) is 67.6 Å². The lowest BCUT2D eigenvalue weighted by Gasteiger charge is -2.46. The van der Waals surface area contributed by atoms with Crippen molar-refractivity contribution < 1.29 is 54.8 Å². The van der Waals surface area contributed by atoms with Crippen molar-refractivity contribution in [2.24, 2.45) is 5.92 Å². The SMILES string of the molecule is C[C@]1(O)[C@@H](O)C[C@]2(O)C(C=O)=CO[C@@H](O[C@@H]3O[C@H](CO)[C@@H](O)[C@@H](O)[C@@H]3O)[C@@H]12. The third-order valence-electron chi connectivity index (χ3n) is 5.67. The summed E-state index contributed by atoms with van der Waals surface area (Å²) in [5.41, 5.74) is -4.07. The highest BCUT2D eigenvalue weighted by Crippen LogP contribution is 2.51. The fraction of sp³-hybridized carbons (Fsp3) is 0.812. The molecule has 1 aliphatic carbocycles. The van der Waals surface area contributed by atoms with Gasteiger partial charge in [-0.1, -0.05) is 0 Å². The van der Waals surface area contributed by atoms with Crippen LogP contribution in [0, 0.1) is 5.92 Å². The van der Waals surface area contributed by atoms with Gasteiger partial charge in [0, 0.05) is 6.42 Å². The predicted octanol–water partition coefficient (Wildman–Crippen LogP) is -3.90. The molecule has 154 valence electrons. The van der Waals surface area contributed by atoms with E-state index in [2.05, 4.69) is 0 Å². The molecule has 0 aromatic carbocycles. The second-order valence-electron chi connectivity index (χ2n) is 7.38. The number of fused-ring (bicyclic) bond motifs is 1. The number of carbonyl (C=O) groups is 1. The summed E-state index contributed by atoms with van der Waals surface area (Å²) in [5, 5.41) is 70.7. The van der Waals surface area contributed by atoms with Crippen LogP contribution in [0.4, 0.5) is 0 Å². The minimum Gasteiger partial charge on any atom is -0.471 e. The van der Waals surface area contributed by atoms with Crippen molar-refractivity contribution in [1.29, 1.82) is 0 Å². The second kappa shape index (κ2) is 7.03. The number of ether oxygens (including phenoxy) is 3. The first-order chi connectivity index (χ1) is 12.6. The Morgan fingerprint density at radius 1 is 1.19 bits per heavy atom. The Morgan fingerprint density at radius 3 is 2.44 bits per heavy atom. The molecule has 27 heavy (non-hydrogen) atoms. The van der Waals surface area contributed by atoms with Gasteiger partial charge in [-0.25, -0.2) is 0 Å². The fourth-order valence-corrected chi connectivity index (χ4v) is 3.99. The van der Waals surface area contributed by atoms with Gasteiger partial charge < -0.3 is 50.0 Å². The Labute approximate surface area is 154 Å². The minimum atomic E-state index is -1.96. The van der Waals surface area contributed by atoms with Crippen molar-refractivity contribution in [3.63, 3.8) is 0 Å². The van der Waals surface area contributed by atoms with E-state index < -0.39 is 66.8 Å². The van der Waals surface area contributed by atoms with E-state index >= 15 is 0 Å². The topological polar surface area (TPSA) is 186 Å². The average molecular weight is 392 g/mol. The molecule has 0 aromatic rings. The standard InChI is InChI=1S/C16H24O11/c1-15(23)8(19)2-16(24)6(3-17)5-25-14(12(15)16)27-13-11(22)10(21)9(20)7(4-18)26-13/h3,5,7-14,18-24H,2,4H2,1H3/t7-,8+,9-,10-,11+,12+,13+,14+,15+,16+/m1/s1. The zero-order valence-electron chi connectivity index (χ0n) is 14.5. The summed E-state index contributed by atoms with van der Waals surface area (Å²) >= 11 is 0. The lowest BCUT2D eigenvalue weighted by Crippen LogP contribution is -2.62. The quantitative estimate of drug-likeness (QED) is 0.232. The van der Waals surface area contributed by atoms with Crippen LogP contribution < -0.4 is 0 Å². The normalized spacial score (nSPS) is 52.7. The van der Waals surface area contributed by atoms with E-state index in [4.69, 9.17) is 14.2 Å². The Hall–Kier alpha value is -1.15. The first-order valence-corrected chi connectivity index (χ1v) is 8.48. The van der Waals surface area contributed by atoms with Crippen molar-refractivity contribution in [3.05, 3.63) is 11.8 Å². The zero-order chi connectivity index (χ0) is 20.1. The van der Waals surface area contributed by atoms with E-state index in [1.165, 1.54) is 6.92 Å². The third kappa shape index (κ3) is 3.09. The molecule has 0 radical (unpaired) electrons. The van der Waals surface area contributed by atoms with Gasteiger partial charge in [0.05, 0.1) is 36.1 Å². The summed E-state index contributed by atoms with van der Waals surface area (Å²) in [4.78, 5) is 11.3. The van der Waals surface area contributed by atoms with Crippen molar-refractivity contribution in [1.82, 2.24) is 0 Å². The molecule has 0 unspecified atom stereocenters. The van der Waals surface area contributed by atoms with Crippen LogP contribution in [-0.2, 0) is 19.0 Å². The molecule has 0 spiro atoms. The molecule has 0 aromatic heterocycles. The van der Waals surface area contributed by atoms with Crippen LogP contribution in [0.25, 0.3) is 0 Å². The van der Waals surface area contributed by atoms with Crippen LogP contribution in [0.2, 0.25) is 0 Å². The lowest BCUT2D eigenvalue weighted by atomic mass is 9.78. The Bertz CT molecular complexity index is 605. The van der Waals surface area contributed by atoms with Crippen LogP contribution in [0.5, 0.6) is 0 Å². The van der Waals surface area contributed by atoms with Gasteiger partial charge in [0.15, 0.2) is 12.6 Å². The highest BCUT2D eigenvalue weighted by atomic mass is 16.8. The minimum absolute atomic E-state index is 0.196. The molecule has 11 nitrogen and oxygen atoms in total. The van der Waals surface area contributed by atoms with E-state index in [0.717, 1.165) is 6.26 Å². The first kappa shape index (κ1) is 20.6. The number of hydrogen-bond donors (Lipinski definition) is 7. The van der Waals surface area contributed by atoms with Gasteiger partial charge >= 0.3 is 0 Å². The molecular formula is C16H24O11. The number of rotatable bonds is 4. The molecule has 0 amide bonds. The maximum absolute atomic E-state index is 11.3. The van der Waals surface area contributed by atoms with Crippen LogP contribution in [0.1, 0.15) is 13.3 Å².